The number of halogens is 1. The van der Waals surface area contributed by atoms with E-state index in [2.05, 4.69) is 58.4 Å². The Balaban J connectivity index is 2.19. The van der Waals surface area contributed by atoms with Gasteiger partial charge in [-0.25, -0.2) is 0 Å². The lowest BCUT2D eigenvalue weighted by Gasteiger charge is -2.17. The SMILES string of the molecule is Cc1ccc(C(Cc2ccc(Br)cn2)NN)cc1C. The molecular weight excluding hydrogens is 302 g/mol. The zero-order valence-electron chi connectivity index (χ0n) is 11.2. The molecule has 100 valence electrons. The molecule has 19 heavy (non-hydrogen) atoms. The van der Waals surface area contributed by atoms with Crippen molar-refractivity contribution in [1.82, 2.24) is 10.4 Å². The molecule has 0 saturated carbocycles. The van der Waals surface area contributed by atoms with Gasteiger partial charge >= 0.3 is 0 Å². The Hall–Kier alpha value is -1.23. The van der Waals surface area contributed by atoms with Gasteiger partial charge in [0.25, 0.3) is 0 Å². The quantitative estimate of drug-likeness (QED) is 0.672. The summed E-state index contributed by atoms with van der Waals surface area (Å²) in [6.07, 6.45) is 2.58. The number of hydrogen-bond acceptors (Lipinski definition) is 3. The van der Waals surface area contributed by atoms with Crippen LogP contribution in [0.4, 0.5) is 0 Å². The maximum atomic E-state index is 5.68. The van der Waals surface area contributed by atoms with Gasteiger partial charge in [0.1, 0.15) is 0 Å². The molecule has 0 aliphatic rings. The number of hydrogen-bond donors (Lipinski definition) is 2. The second-order valence-corrected chi connectivity index (χ2v) is 5.65. The van der Waals surface area contributed by atoms with Gasteiger partial charge in [-0.1, -0.05) is 18.2 Å². The molecule has 2 rings (SSSR count). The van der Waals surface area contributed by atoms with Gasteiger partial charge in [0.05, 0.1) is 6.04 Å². The van der Waals surface area contributed by atoms with E-state index in [9.17, 15) is 0 Å². The number of aromatic nitrogens is 1. The van der Waals surface area contributed by atoms with Crippen LogP contribution in [0.5, 0.6) is 0 Å². The average Bonchev–Trinajstić information content (AvgIpc) is 2.41. The molecule has 1 atom stereocenters. The van der Waals surface area contributed by atoms with Crippen molar-refractivity contribution in [2.75, 3.05) is 0 Å². The van der Waals surface area contributed by atoms with Gasteiger partial charge in [0.15, 0.2) is 0 Å². The summed E-state index contributed by atoms with van der Waals surface area (Å²) in [5.74, 6) is 5.68. The van der Waals surface area contributed by atoms with Crippen molar-refractivity contribution in [1.29, 1.82) is 0 Å². The highest BCUT2D eigenvalue weighted by atomic mass is 79.9. The number of hydrazine groups is 1. The highest BCUT2D eigenvalue weighted by Crippen LogP contribution is 2.20. The minimum Gasteiger partial charge on any atom is -0.271 e. The van der Waals surface area contributed by atoms with Gasteiger partial charge in [-0.3, -0.25) is 16.3 Å². The minimum absolute atomic E-state index is 0.0768. The molecule has 4 heteroatoms. The van der Waals surface area contributed by atoms with Crippen LogP contribution >= 0.6 is 15.9 Å². The van der Waals surface area contributed by atoms with Crippen molar-refractivity contribution in [3.8, 4) is 0 Å². The molecule has 0 aliphatic carbocycles. The summed E-state index contributed by atoms with van der Waals surface area (Å²) in [6, 6.07) is 10.5. The van der Waals surface area contributed by atoms with E-state index < -0.39 is 0 Å². The fraction of sp³-hybridized carbons (Fsp3) is 0.267. The fourth-order valence-electron chi connectivity index (χ4n) is 1.99. The van der Waals surface area contributed by atoms with E-state index in [1.807, 2.05) is 18.3 Å². The Morgan fingerprint density at radius 1 is 1.21 bits per heavy atom. The summed E-state index contributed by atoms with van der Waals surface area (Å²) < 4.78 is 0.986. The zero-order valence-corrected chi connectivity index (χ0v) is 12.7. The second-order valence-electron chi connectivity index (χ2n) is 4.73. The highest BCUT2D eigenvalue weighted by Gasteiger charge is 2.12. The highest BCUT2D eigenvalue weighted by molar-refractivity contribution is 9.10. The summed E-state index contributed by atoms with van der Waals surface area (Å²) in [6.45, 7) is 4.23. The number of nitrogens with two attached hydrogens (primary N) is 1. The summed E-state index contributed by atoms with van der Waals surface area (Å²) >= 11 is 3.39. The van der Waals surface area contributed by atoms with Crippen LogP contribution in [0.2, 0.25) is 0 Å². The second kappa shape index (κ2) is 6.28. The van der Waals surface area contributed by atoms with Crippen LogP contribution in [0.1, 0.15) is 28.4 Å². The summed E-state index contributed by atoms with van der Waals surface area (Å²) in [5, 5.41) is 0. The van der Waals surface area contributed by atoms with Crippen molar-refractivity contribution >= 4 is 15.9 Å². The number of nitrogens with zero attached hydrogens (tertiary/aromatic N) is 1. The molecule has 1 aromatic carbocycles. The topological polar surface area (TPSA) is 50.9 Å². The first-order valence-corrected chi connectivity index (χ1v) is 7.03. The average molecular weight is 320 g/mol. The number of pyridine rings is 1. The van der Waals surface area contributed by atoms with Gasteiger partial charge < -0.3 is 0 Å². The first-order valence-electron chi connectivity index (χ1n) is 6.24. The third-order valence-electron chi connectivity index (χ3n) is 3.34. The maximum Gasteiger partial charge on any atom is 0.0515 e. The lowest BCUT2D eigenvalue weighted by Crippen LogP contribution is -2.29. The largest absolute Gasteiger partial charge is 0.271 e. The van der Waals surface area contributed by atoms with E-state index in [0.717, 1.165) is 16.6 Å². The zero-order chi connectivity index (χ0) is 13.8. The summed E-state index contributed by atoms with van der Waals surface area (Å²) in [4.78, 5) is 4.39. The van der Waals surface area contributed by atoms with Crippen LogP contribution in [0.25, 0.3) is 0 Å². The molecular formula is C15H18BrN3. The summed E-state index contributed by atoms with van der Waals surface area (Å²) in [7, 11) is 0. The van der Waals surface area contributed by atoms with Gasteiger partial charge in [-0.05, 0) is 58.6 Å². The Kier molecular flexibility index (Phi) is 4.69. The van der Waals surface area contributed by atoms with E-state index in [1.165, 1.54) is 16.7 Å². The number of rotatable bonds is 4. The van der Waals surface area contributed by atoms with Gasteiger partial charge in [0.2, 0.25) is 0 Å². The molecule has 0 fully saturated rings. The number of benzene rings is 1. The molecule has 0 saturated heterocycles. The van der Waals surface area contributed by atoms with Crippen molar-refractivity contribution in [2.45, 2.75) is 26.3 Å². The van der Waals surface area contributed by atoms with Crippen LogP contribution in [-0.2, 0) is 6.42 Å². The predicted molar refractivity (Wildman–Crippen MR) is 81.6 cm³/mol. The van der Waals surface area contributed by atoms with Crippen LogP contribution in [-0.4, -0.2) is 4.98 Å². The van der Waals surface area contributed by atoms with Crippen molar-refractivity contribution in [2.24, 2.45) is 5.84 Å². The number of aryl methyl sites for hydroxylation is 2. The van der Waals surface area contributed by atoms with E-state index in [-0.39, 0.29) is 6.04 Å². The molecule has 0 radical (unpaired) electrons. The van der Waals surface area contributed by atoms with Crippen LogP contribution in [0, 0.1) is 13.8 Å². The molecule has 0 bridgehead atoms. The molecule has 1 aromatic heterocycles. The fourth-order valence-corrected chi connectivity index (χ4v) is 2.23. The molecule has 3 nitrogen and oxygen atoms in total. The molecule has 3 N–H and O–H groups in total. The van der Waals surface area contributed by atoms with E-state index in [0.29, 0.717) is 0 Å². The Morgan fingerprint density at radius 3 is 2.58 bits per heavy atom. The molecule has 0 spiro atoms. The van der Waals surface area contributed by atoms with Crippen molar-refractivity contribution in [3.05, 3.63) is 63.4 Å². The number of nitrogens with one attached hydrogen (secondary N) is 1. The lowest BCUT2D eigenvalue weighted by atomic mass is 9.98. The Bertz CT molecular complexity index is 552. The standard InChI is InChI=1S/C15H18BrN3/c1-10-3-4-12(7-11(10)2)15(19-17)8-14-6-5-13(16)9-18-14/h3-7,9,15,19H,8,17H2,1-2H3. The third-order valence-corrected chi connectivity index (χ3v) is 3.81. The normalized spacial score (nSPS) is 12.4. The van der Waals surface area contributed by atoms with Crippen LogP contribution < -0.4 is 11.3 Å². The first kappa shape index (κ1) is 14.2. The maximum absolute atomic E-state index is 5.68. The Labute approximate surface area is 122 Å². The monoisotopic (exact) mass is 319 g/mol. The van der Waals surface area contributed by atoms with Crippen molar-refractivity contribution in [3.63, 3.8) is 0 Å². The van der Waals surface area contributed by atoms with Crippen LogP contribution in [0.3, 0.4) is 0 Å². The van der Waals surface area contributed by atoms with E-state index >= 15 is 0 Å². The first-order chi connectivity index (χ1) is 9.10. The van der Waals surface area contributed by atoms with E-state index in [4.69, 9.17) is 5.84 Å². The van der Waals surface area contributed by atoms with Gasteiger partial charge in [-0.2, -0.15) is 0 Å². The van der Waals surface area contributed by atoms with Gasteiger partial charge in [0, 0.05) is 22.8 Å². The van der Waals surface area contributed by atoms with Gasteiger partial charge in [-0.15, -0.1) is 0 Å². The summed E-state index contributed by atoms with van der Waals surface area (Å²) in [5.41, 5.74) is 7.66. The molecule has 1 unspecified atom stereocenters. The van der Waals surface area contributed by atoms with Crippen LogP contribution in [0.15, 0.2) is 41.0 Å². The predicted octanol–water partition coefficient (Wildman–Crippen LogP) is 3.21. The van der Waals surface area contributed by atoms with Crippen molar-refractivity contribution < 1.29 is 0 Å². The third kappa shape index (κ3) is 3.62. The lowest BCUT2D eigenvalue weighted by molar-refractivity contribution is 0.545. The molecule has 0 aliphatic heterocycles. The smallest absolute Gasteiger partial charge is 0.0515 e. The Morgan fingerprint density at radius 2 is 2.00 bits per heavy atom. The minimum atomic E-state index is 0.0768. The van der Waals surface area contributed by atoms with E-state index in [1.54, 1.807) is 0 Å². The molecule has 2 aromatic rings. The molecule has 0 amide bonds. The molecule has 1 heterocycles.